The Morgan fingerprint density at radius 1 is 1.03 bits per heavy atom. The molecule has 1 aliphatic heterocycles. The lowest BCUT2D eigenvalue weighted by molar-refractivity contribution is -0.113. The summed E-state index contributed by atoms with van der Waals surface area (Å²) in [6.45, 7) is 1.81. The van der Waals surface area contributed by atoms with Gasteiger partial charge in [0.2, 0.25) is 5.95 Å². The van der Waals surface area contributed by atoms with E-state index in [2.05, 4.69) is 10.6 Å². The monoisotopic (exact) mass is 535 g/mol. The van der Waals surface area contributed by atoms with Crippen molar-refractivity contribution in [1.82, 2.24) is 14.8 Å². The van der Waals surface area contributed by atoms with Crippen molar-refractivity contribution in [2.75, 3.05) is 24.9 Å². The summed E-state index contributed by atoms with van der Waals surface area (Å²) in [5, 5.41) is 11.7. The van der Waals surface area contributed by atoms with Crippen LogP contribution in [0.2, 0.25) is 10.0 Å². The standard InChI is InChI=1S/C27H23Cl2N5O3/c1-15-22(26(35)31-20-12-4-5-13-21(20)37-3)24(18-10-7-11-19(28)23(18)29)34-27(30-15)32-25(33-34)16-8-6-9-17(14-16)36-2/h4-14,24H,1-3H3,(H,31,35)(H,30,32,33). The number of carbonyl (C=O) groups is 1. The molecule has 188 valence electrons. The highest BCUT2D eigenvalue weighted by Crippen LogP contribution is 2.41. The highest BCUT2D eigenvalue weighted by Gasteiger charge is 2.36. The molecule has 0 fully saturated rings. The number of nitrogens with one attached hydrogen (secondary N) is 2. The van der Waals surface area contributed by atoms with Crippen LogP contribution in [0.3, 0.4) is 0 Å². The Morgan fingerprint density at radius 2 is 1.81 bits per heavy atom. The Hall–Kier alpha value is -4.01. The van der Waals surface area contributed by atoms with Crippen LogP contribution in [-0.4, -0.2) is 34.9 Å². The summed E-state index contributed by atoms with van der Waals surface area (Å²) in [6.07, 6.45) is 0. The van der Waals surface area contributed by atoms with Gasteiger partial charge >= 0.3 is 0 Å². The van der Waals surface area contributed by atoms with Crippen molar-refractivity contribution in [2.45, 2.75) is 13.0 Å². The van der Waals surface area contributed by atoms with Crippen LogP contribution in [0.1, 0.15) is 18.5 Å². The van der Waals surface area contributed by atoms with Crippen molar-refractivity contribution in [3.63, 3.8) is 0 Å². The molecule has 1 aliphatic rings. The fraction of sp³-hybridized carbons (Fsp3) is 0.148. The summed E-state index contributed by atoms with van der Waals surface area (Å²) >= 11 is 13.1. The first kappa shape index (κ1) is 24.7. The highest BCUT2D eigenvalue weighted by molar-refractivity contribution is 6.42. The van der Waals surface area contributed by atoms with Gasteiger partial charge in [-0.1, -0.05) is 59.6 Å². The lowest BCUT2D eigenvalue weighted by Crippen LogP contribution is -2.31. The molecule has 10 heteroatoms. The van der Waals surface area contributed by atoms with Crippen LogP contribution in [0.15, 0.2) is 78.0 Å². The molecule has 37 heavy (non-hydrogen) atoms. The summed E-state index contributed by atoms with van der Waals surface area (Å²) in [5.74, 6) is 1.80. The summed E-state index contributed by atoms with van der Waals surface area (Å²) < 4.78 is 12.4. The molecule has 1 atom stereocenters. The average Bonchev–Trinajstić information content (AvgIpc) is 3.33. The van der Waals surface area contributed by atoms with E-state index < -0.39 is 6.04 Å². The number of aromatic nitrogens is 3. The van der Waals surface area contributed by atoms with Gasteiger partial charge in [0.05, 0.1) is 35.5 Å². The van der Waals surface area contributed by atoms with E-state index in [1.165, 1.54) is 0 Å². The molecule has 2 N–H and O–H groups in total. The third kappa shape index (κ3) is 4.61. The Kier molecular flexibility index (Phi) is 6.78. The summed E-state index contributed by atoms with van der Waals surface area (Å²) in [6, 6.07) is 19.2. The number of hydrogen-bond donors (Lipinski definition) is 2. The third-order valence-electron chi connectivity index (χ3n) is 6.06. The van der Waals surface area contributed by atoms with Crippen LogP contribution >= 0.6 is 23.2 Å². The van der Waals surface area contributed by atoms with Crippen LogP contribution < -0.4 is 20.1 Å². The number of carbonyl (C=O) groups excluding carboxylic acids is 1. The molecular formula is C27H23Cl2N5O3. The molecule has 5 rings (SSSR count). The molecule has 1 unspecified atom stereocenters. The van der Waals surface area contributed by atoms with Crippen molar-refractivity contribution in [2.24, 2.45) is 0 Å². The van der Waals surface area contributed by atoms with Crippen molar-refractivity contribution in [1.29, 1.82) is 0 Å². The van der Waals surface area contributed by atoms with Crippen LogP contribution in [0.25, 0.3) is 11.4 Å². The van der Waals surface area contributed by atoms with Gasteiger partial charge in [-0.15, -0.1) is 5.10 Å². The quantitative estimate of drug-likeness (QED) is 0.305. The number of para-hydroxylation sites is 2. The molecule has 1 aromatic heterocycles. The summed E-state index contributed by atoms with van der Waals surface area (Å²) in [5.41, 5.74) is 2.92. The van der Waals surface area contributed by atoms with Gasteiger partial charge in [0.25, 0.3) is 5.91 Å². The van der Waals surface area contributed by atoms with Gasteiger partial charge in [0.15, 0.2) is 5.82 Å². The zero-order chi connectivity index (χ0) is 26.1. The highest BCUT2D eigenvalue weighted by atomic mass is 35.5. The average molecular weight is 536 g/mol. The van der Waals surface area contributed by atoms with E-state index in [4.69, 9.17) is 42.8 Å². The number of methoxy groups -OCH3 is 2. The lowest BCUT2D eigenvalue weighted by atomic mass is 9.95. The number of amides is 1. The molecule has 1 amide bonds. The molecule has 0 bridgehead atoms. The van der Waals surface area contributed by atoms with E-state index in [9.17, 15) is 4.79 Å². The van der Waals surface area contributed by atoms with E-state index in [1.807, 2.05) is 49.4 Å². The molecule has 3 aromatic carbocycles. The molecular weight excluding hydrogens is 513 g/mol. The number of hydrogen-bond acceptors (Lipinski definition) is 6. The number of benzene rings is 3. The van der Waals surface area contributed by atoms with Crippen molar-refractivity contribution in [3.8, 4) is 22.9 Å². The number of allylic oxidation sites excluding steroid dienone is 1. The second kappa shape index (κ2) is 10.2. The maximum Gasteiger partial charge on any atom is 0.255 e. The maximum atomic E-state index is 13.8. The number of rotatable bonds is 6. The van der Waals surface area contributed by atoms with Crippen molar-refractivity contribution < 1.29 is 14.3 Å². The van der Waals surface area contributed by atoms with Gasteiger partial charge in [-0.2, -0.15) is 4.98 Å². The molecule has 8 nitrogen and oxygen atoms in total. The normalized spacial score (nSPS) is 14.6. The largest absolute Gasteiger partial charge is 0.497 e. The Bertz CT molecular complexity index is 1530. The molecule has 0 aliphatic carbocycles. The fourth-order valence-corrected chi connectivity index (χ4v) is 4.70. The maximum absolute atomic E-state index is 13.8. The number of ether oxygens (including phenoxy) is 2. The second-order valence-corrected chi connectivity index (χ2v) is 9.08. The topological polar surface area (TPSA) is 90.3 Å². The van der Waals surface area contributed by atoms with Crippen LogP contribution in [0.4, 0.5) is 11.6 Å². The van der Waals surface area contributed by atoms with Crippen LogP contribution in [0, 0.1) is 0 Å². The first-order valence-corrected chi connectivity index (χ1v) is 12.1. The fourth-order valence-electron chi connectivity index (χ4n) is 4.29. The third-order valence-corrected chi connectivity index (χ3v) is 6.89. The number of halogens is 2. The minimum absolute atomic E-state index is 0.329. The summed E-state index contributed by atoms with van der Waals surface area (Å²) in [4.78, 5) is 18.5. The van der Waals surface area contributed by atoms with Crippen LogP contribution in [0.5, 0.6) is 11.5 Å². The van der Waals surface area contributed by atoms with Crippen molar-refractivity contribution >= 4 is 40.7 Å². The molecule has 0 saturated carbocycles. The molecule has 0 spiro atoms. The van der Waals surface area contributed by atoms with E-state index >= 15 is 0 Å². The zero-order valence-electron chi connectivity index (χ0n) is 20.3. The number of nitrogens with zero attached hydrogens (tertiary/aromatic N) is 3. The van der Waals surface area contributed by atoms with E-state index in [-0.39, 0.29) is 5.91 Å². The van der Waals surface area contributed by atoms with Gasteiger partial charge in [-0.05, 0) is 37.3 Å². The van der Waals surface area contributed by atoms with Gasteiger partial charge in [0, 0.05) is 16.8 Å². The van der Waals surface area contributed by atoms with Crippen LogP contribution in [-0.2, 0) is 4.79 Å². The Labute approximate surface area is 223 Å². The molecule has 0 radical (unpaired) electrons. The Balaban J connectivity index is 1.63. The summed E-state index contributed by atoms with van der Waals surface area (Å²) in [7, 11) is 3.15. The predicted molar refractivity (Wildman–Crippen MR) is 145 cm³/mol. The lowest BCUT2D eigenvalue weighted by Gasteiger charge is -2.29. The smallest absolute Gasteiger partial charge is 0.255 e. The van der Waals surface area contributed by atoms with Crippen molar-refractivity contribution in [3.05, 3.63) is 93.6 Å². The molecule has 2 heterocycles. The van der Waals surface area contributed by atoms with Gasteiger partial charge in [-0.3, -0.25) is 4.79 Å². The first-order chi connectivity index (χ1) is 17.9. The number of anilines is 2. The predicted octanol–water partition coefficient (Wildman–Crippen LogP) is 6.20. The van der Waals surface area contributed by atoms with E-state index in [1.54, 1.807) is 43.2 Å². The molecule has 4 aromatic rings. The van der Waals surface area contributed by atoms with Gasteiger partial charge in [-0.25, -0.2) is 4.68 Å². The second-order valence-electron chi connectivity index (χ2n) is 8.30. The first-order valence-electron chi connectivity index (χ1n) is 11.4. The number of fused-ring (bicyclic) bond motifs is 1. The minimum Gasteiger partial charge on any atom is -0.497 e. The van der Waals surface area contributed by atoms with E-state index in [0.717, 1.165) is 5.56 Å². The molecule has 0 saturated heterocycles. The Morgan fingerprint density at radius 3 is 2.59 bits per heavy atom. The van der Waals surface area contributed by atoms with Gasteiger partial charge < -0.3 is 20.1 Å². The van der Waals surface area contributed by atoms with E-state index in [0.29, 0.717) is 55.8 Å². The zero-order valence-corrected chi connectivity index (χ0v) is 21.8. The van der Waals surface area contributed by atoms with Gasteiger partial charge in [0.1, 0.15) is 17.5 Å². The SMILES string of the molecule is COc1cccc(-c2nc3n(n2)C(c2cccc(Cl)c2Cl)C(C(=O)Nc2ccccc2OC)=C(C)N3)c1. The minimum atomic E-state index is -0.705.